The molecule has 0 heterocycles. The van der Waals surface area contributed by atoms with Gasteiger partial charge in [0.25, 0.3) is 15.0 Å². The molecule has 1 aromatic rings. The number of amides is 1. The molecular formula is C12H15ClFNO4S. The van der Waals surface area contributed by atoms with E-state index in [9.17, 15) is 17.6 Å². The number of benzene rings is 1. The van der Waals surface area contributed by atoms with Crippen LogP contribution in [0.3, 0.4) is 0 Å². The van der Waals surface area contributed by atoms with Gasteiger partial charge in [0.1, 0.15) is 5.82 Å². The zero-order valence-electron chi connectivity index (χ0n) is 11.0. The van der Waals surface area contributed by atoms with Crippen LogP contribution < -0.4 is 5.32 Å². The standard InChI is InChI=1S/C12H15ClFNO4S/c1-8(2)19-4-3-15-12(16)9-5-10(14)7-11(6-9)20(13,17)18/h5-8H,3-4H2,1-2H3,(H,15,16). The Balaban J connectivity index is 2.76. The van der Waals surface area contributed by atoms with Crippen LogP contribution >= 0.6 is 10.7 Å². The highest BCUT2D eigenvalue weighted by molar-refractivity contribution is 8.13. The molecular weight excluding hydrogens is 309 g/mol. The van der Waals surface area contributed by atoms with Gasteiger partial charge in [-0.2, -0.15) is 0 Å². The average Bonchev–Trinajstić information content (AvgIpc) is 2.32. The first-order valence-electron chi connectivity index (χ1n) is 5.85. The van der Waals surface area contributed by atoms with Crippen LogP contribution in [0.4, 0.5) is 4.39 Å². The van der Waals surface area contributed by atoms with Crippen LogP contribution in [-0.2, 0) is 13.8 Å². The summed E-state index contributed by atoms with van der Waals surface area (Å²) in [6, 6.07) is 2.70. The number of carbonyl (C=O) groups is 1. The van der Waals surface area contributed by atoms with Gasteiger partial charge in [0, 0.05) is 22.8 Å². The van der Waals surface area contributed by atoms with Gasteiger partial charge in [0.2, 0.25) is 0 Å². The Morgan fingerprint density at radius 2 is 2.05 bits per heavy atom. The van der Waals surface area contributed by atoms with Gasteiger partial charge in [-0.1, -0.05) is 0 Å². The number of halogens is 2. The summed E-state index contributed by atoms with van der Waals surface area (Å²) in [4.78, 5) is 11.3. The summed E-state index contributed by atoms with van der Waals surface area (Å²) in [6.45, 7) is 4.24. The Labute approximate surface area is 121 Å². The highest BCUT2D eigenvalue weighted by Gasteiger charge is 2.15. The lowest BCUT2D eigenvalue weighted by atomic mass is 10.2. The van der Waals surface area contributed by atoms with Crippen LogP contribution in [0.1, 0.15) is 24.2 Å². The monoisotopic (exact) mass is 323 g/mol. The highest BCUT2D eigenvalue weighted by atomic mass is 35.7. The van der Waals surface area contributed by atoms with E-state index in [4.69, 9.17) is 15.4 Å². The minimum absolute atomic E-state index is 0.0362. The van der Waals surface area contributed by atoms with Crippen molar-refractivity contribution >= 4 is 25.6 Å². The van der Waals surface area contributed by atoms with E-state index >= 15 is 0 Å². The van der Waals surface area contributed by atoms with E-state index in [2.05, 4.69) is 5.32 Å². The summed E-state index contributed by atoms with van der Waals surface area (Å²) < 4.78 is 40.8. The number of hydrogen-bond acceptors (Lipinski definition) is 4. The first kappa shape index (κ1) is 16.9. The van der Waals surface area contributed by atoms with Crippen LogP contribution in [0.25, 0.3) is 0 Å². The molecule has 0 saturated heterocycles. The highest BCUT2D eigenvalue weighted by Crippen LogP contribution is 2.18. The minimum atomic E-state index is -4.09. The quantitative estimate of drug-likeness (QED) is 0.641. The summed E-state index contributed by atoms with van der Waals surface area (Å²) >= 11 is 0. The normalized spacial score (nSPS) is 11.7. The Hall–Kier alpha value is -1.18. The summed E-state index contributed by atoms with van der Waals surface area (Å²) in [5, 5.41) is 2.49. The molecule has 1 aromatic carbocycles. The van der Waals surface area contributed by atoms with E-state index in [1.54, 1.807) is 0 Å². The van der Waals surface area contributed by atoms with E-state index in [0.29, 0.717) is 6.61 Å². The fourth-order valence-electron chi connectivity index (χ4n) is 1.40. The van der Waals surface area contributed by atoms with Gasteiger partial charge < -0.3 is 10.1 Å². The summed E-state index contributed by atoms with van der Waals surface area (Å²) in [5.41, 5.74) is -0.117. The Morgan fingerprint density at radius 3 is 2.60 bits per heavy atom. The average molecular weight is 324 g/mol. The van der Waals surface area contributed by atoms with Gasteiger partial charge in [-0.05, 0) is 32.0 Å². The van der Waals surface area contributed by atoms with Gasteiger partial charge in [-0.25, -0.2) is 12.8 Å². The van der Waals surface area contributed by atoms with Gasteiger partial charge in [0.15, 0.2) is 0 Å². The van der Waals surface area contributed by atoms with Gasteiger partial charge in [0.05, 0.1) is 17.6 Å². The number of carbonyl (C=O) groups excluding carboxylic acids is 1. The van der Waals surface area contributed by atoms with E-state index in [-0.39, 0.29) is 18.2 Å². The van der Waals surface area contributed by atoms with Crippen LogP contribution in [0.2, 0.25) is 0 Å². The molecule has 0 aliphatic carbocycles. The van der Waals surface area contributed by atoms with Crippen molar-refractivity contribution in [1.29, 1.82) is 0 Å². The summed E-state index contributed by atoms with van der Waals surface area (Å²) in [6.07, 6.45) is 0.0362. The number of rotatable bonds is 6. The Morgan fingerprint density at radius 1 is 1.40 bits per heavy atom. The van der Waals surface area contributed by atoms with E-state index < -0.39 is 25.7 Å². The van der Waals surface area contributed by atoms with E-state index in [0.717, 1.165) is 18.2 Å². The van der Waals surface area contributed by atoms with Crippen LogP contribution in [0, 0.1) is 5.82 Å². The van der Waals surface area contributed by atoms with Gasteiger partial charge in [-0.15, -0.1) is 0 Å². The van der Waals surface area contributed by atoms with Crippen LogP contribution in [0.15, 0.2) is 23.1 Å². The molecule has 8 heteroatoms. The fraction of sp³-hybridized carbons (Fsp3) is 0.417. The molecule has 112 valence electrons. The molecule has 1 N–H and O–H groups in total. The molecule has 0 aliphatic rings. The Kier molecular flexibility index (Phi) is 5.91. The second-order valence-corrected chi connectivity index (χ2v) is 6.85. The predicted molar refractivity (Wildman–Crippen MR) is 72.9 cm³/mol. The van der Waals surface area contributed by atoms with Crippen molar-refractivity contribution in [2.75, 3.05) is 13.2 Å². The molecule has 0 aliphatic heterocycles. The molecule has 0 saturated carbocycles. The first-order chi connectivity index (χ1) is 9.20. The summed E-state index contributed by atoms with van der Waals surface area (Å²) in [5.74, 6) is -1.45. The lowest BCUT2D eigenvalue weighted by Gasteiger charge is -2.09. The molecule has 1 amide bonds. The molecule has 0 unspecified atom stereocenters. The van der Waals surface area contributed by atoms with Gasteiger partial charge >= 0.3 is 0 Å². The fourth-order valence-corrected chi connectivity index (χ4v) is 2.18. The molecule has 20 heavy (non-hydrogen) atoms. The minimum Gasteiger partial charge on any atom is -0.377 e. The van der Waals surface area contributed by atoms with Crippen molar-refractivity contribution in [2.45, 2.75) is 24.8 Å². The topological polar surface area (TPSA) is 72.5 Å². The van der Waals surface area contributed by atoms with Crippen molar-refractivity contribution in [3.05, 3.63) is 29.6 Å². The molecule has 5 nitrogen and oxygen atoms in total. The SMILES string of the molecule is CC(C)OCCNC(=O)c1cc(F)cc(S(=O)(=O)Cl)c1. The molecule has 0 atom stereocenters. The van der Waals surface area contributed by atoms with Gasteiger partial charge in [-0.3, -0.25) is 4.79 Å². The van der Waals surface area contributed by atoms with Crippen molar-refractivity contribution in [3.8, 4) is 0 Å². The summed E-state index contributed by atoms with van der Waals surface area (Å²) in [7, 11) is 1.03. The van der Waals surface area contributed by atoms with Crippen molar-refractivity contribution < 1.29 is 22.3 Å². The molecule has 1 rings (SSSR count). The third kappa shape index (κ3) is 5.44. The molecule has 0 aromatic heterocycles. The third-order valence-corrected chi connectivity index (χ3v) is 3.59. The lowest BCUT2D eigenvalue weighted by molar-refractivity contribution is 0.0746. The van der Waals surface area contributed by atoms with Crippen molar-refractivity contribution in [2.24, 2.45) is 0 Å². The van der Waals surface area contributed by atoms with Crippen molar-refractivity contribution in [1.82, 2.24) is 5.32 Å². The first-order valence-corrected chi connectivity index (χ1v) is 8.16. The van der Waals surface area contributed by atoms with Crippen LogP contribution in [-0.4, -0.2) is 33.6 Å². The predicted octanol–water partition coefficient (Wildman–Crippen LogP) is 1.91. The van der Waals surface area contributed by atoms with E-state index in [1.165, 1.54) is 0 Å². The zero-order chi connectivity index (χ0) is 15.3. The molecule has 0 radical (unpaired) electrons. The molecule has 0 fully saturated rings. The third-order valence-electron chi connectivity index (χ3n) is 2.25. The zero-order valence-corrected chi connectivity index (χ0v) is 12.6. The number of hydrogen-bond donors (Lipinski definition) is 1. The number of nitrogens with one attached hydrogen (secondary N) is 1. The molecule has 0 bridgehead atoms. The maximum Gasteiger partial charge on any atom is 0.261 e. The van der Waals surface area contributed by atoms with Crippen molar-refractivity contribution in [3.63, 3.8) is 0 Å². The maximum atomic E-state index is 13.3. The largest absolute Gasteiger partial charge is 0.377 e. The Bertz CT molecular complexity index is 589. The number of ether oxygens (including phenoxy) is 1. The smallest absolute Gasteiger partial charge is 0.261 e. The lowest BCUT2D eigenvalue weighted by Crippen LogP contribution is -2.28. The second kappa shape index (κ2) is 7.01. The second-order valence-electron chi connectivity index (χ2n) is 4.29. The molecule has 0 spiro atoms. The van der Waals surface area contributed by atoms with Crippen LogP contribution in [0.5, 0.6) is 0 Å². The van der Waals surface area contributed by atoms with E-state index in [1.807, 2.05) is 13.8 Å². The maximum absolute atomic E-state index is 13.3.